The predicted molar refractivity (Wildman–Crippen MR) is 36.0 cm³/mol. The fourth-order valence-corrected chi connectivity index (χ4v) is 2.66. The fraction of sp³-hybridized carbons (Fsp3) is 1.00. The first-order chi connectivity index (χ1) is 4.27. The van der Waals surface area contributed by atoms with Crippen LogP contribution in [0.4, 0.5) is 0 Å². The van der Waals surface area contributed by atoms with Crippen molar-refractivity contribution < 1.29 is 5.11 Å². The first-order valence-corrected chi connectivity index (χ1v) is 3.95. The van der Waals surface area contributed by atoms with E-state index in [1.165, 1.54) is 12.8 Å². The second kappa shape index (κ2) is 1.72. The van der Waals surface area contributed by atoms with Gasteiger partial charge < -0.3 is 5.11 Å². The zero-order chi connectivity index (χ0) is 6.43. The van der Waals surface area contributed by atoms with E-state index in [-0.39, 0.29) is 6.10 Å². The van der Waals surface area contributed by atoms with Crippen molar-refractivity contribution in [3.8, 4) is 0 Å². The van der Waals surface area contributed by atoms with Crippen LogP contribution in [-0.2, 0) is 0 Å². The Labute approximate surface area is 56.1 Å². The minimum absolute atomic E-state index is 0.0544. The van der Waals surface area contributed by atoms with Crippen molar-refractivity contribution in [3.05, 3.63) is 0 Å². The summed E-state index contributed by atoms with van der Waals surface area (Å²) in [5, 5.41) is 9.39. The molecule has 0 unspecified atom stereocenters. The summed E-state index contributed by atoms with van der Waals surface area (Å²) in [4.78, 5) is 0. The Kier molecular flexibility index (Phi) is 1.10. The molecule has 0 aromatic heterocycles. The van der Waals surface area contributed by atoms with E-state index >= 15 is 0 Å². The van der Waals surface area contributed by atoms with Crippen molar-refractivity contribution in [2.45, 2.75) is 32.3 Å². The SMILES string of the molecule is C[C@@H]1C[C@H]2C[C@@H]1[C@@H](O)C2. The summed E-state index contributed by atoms with van der Waals surface area (Å²) in [6, 6.07) is 0. The Bertz CT molecular complexity index is 110. The summed E-state index contributed by atoms with van der Waals surface area (Å²) in [6.45, 7) is 2.27. The van der Waals surface area contributed by atoms with E-state index in [0.717, 1.165) is 18.3 Å². The van der Waals surface area contributed by atoms with Crippen molar-refractivity contribution in [3.63, 3.8) is 0 Å². The Morgan fingerprint density at radius 3 is 2.33 bits per heavy atom. The van der Waals surface area contributed by atoms with Gasteiger partial charge in [0.15, 0.2) is 0 Å². The largest absolute Gasteiger partial charge is 0.393 e. The van der Waals surface area contributed by atoms with E-state index in [1.807, 2.05) is 0 Å². The molecule has 52 valence electrons. The normalized spacial score (nSPS) is 56.7. The van der Waals surface area contributed by atoms with Gasteiger partial charge in [0.1, 0.15) is 0 Å². The average molecular weight is 126 g/mol. The number of fused-ring (bicyclic) bond motifs is 2. The molecule has 4 atom stereocenters. The van der Waals surface area contributed by atoms with Gasteiger partial charge in [-0.25, -0.2) is 0 Å². The monoisotopic (exact) mass is 126 g/mol. The van der Waals surface area contributed by atoms with Gasteiger partial charge in [-0.3, -0.25) is 0 Å². The molecule has 0 radical (unpaired) electrons. The van der Waals surface area contributed by atoms with Crippen LogP contribution >= 0.6 is 0 Å². The van der Waals surface area contributed by atoms with Crippen molar-refractivity contribution in [2.75, 3.05) is 0 Å². The highest BCUT2D eigenvalue weighted by atomic mass is 16.3. The summed E-state index contributed by atoms with van der Waals surface area (Å²) in [7, 11) is 0. The Balaban J connectivity index is 2.13. The van der Waals surface area contributed by atoms with Gasteiger partial charge in [0.05, 0.1) is 6.10 Å². The van der Waals surface area contributed by atoms with Gasteiger partial charge in [0.25, 0.3) is 0 Å². The van der Waals surface area contributed by atoms with Crippen molar-refractivity contribution >= 4 is 0 Å². The van der Waals surface area contributed by atoms with Crippen molar-refractivity contribution in [1.29, 1.82) is 0 Å². The molecule has 1 heteroatoms. The zero-order valence-electron chi connectivity index (χ0n) is 5.88. The van der Waals surface area contributed by atoms with Crippen LogP contribution in [-0.4, -0.2) is 11.2 Å². The predicted octanol–water partition coefficient (Wildman–Crippen LogP) is 1.41. The van der Waals surface area contributed by atoms with E-state index in [9.17, 15) is 5.11 Å². The zero-order valence-corrected chi connectivity index (χ0v) is 5.88. The second-order valence-electron chi connectivity index (χ2n) is 3.78. The summed E-state index contributed by atoms with van der Waals surface area (Å²) >= 11 is 0. The van der Waals surface area contributed by atoms with E-state index in [1.54, 1.807) is 0 Å². The Morgan fingerprint density at radius 2 is 2.00 bits per heavy atom. The molecule has 2 aliphatic carbocycles. The standard InChI is InChI=1S/C8H14O/c1-5-2-6-3-7(5)8(9)4-6/h5-9H,2-4H2,1H3/t5-,6+,7+,8+/m1/s1. The topological polar surface area (TPSA) is 20.2 Å². The molecule has 2 aliphatic rings. The fourth-order valence-electron chi connectivity index (χ4n) is 2.66. The molecule has 2 bridgehead atoms. The molecule has 0 amide bonds. The van der Waals surface area contributed by atoms with Gasteiger partial charge in [0.2, 0.25) is 0 Å². The lowest BCUT2D eigenvalue weighted by atomic mass is 9.88. The minimum Gasteiger partial charge on any atom is -0.393 e. The number of aliphatic hydroxyl groups is 1. The summed E-state index contributed by atoms with van der Waals surface area (Å²) in [6.07, 6.45) is 3.83. The van der Waals surface area contributed by atoms with Gasteiger partial charge in [-0.2, -0.15) is 0 Å². The van der Waals surface area contributed by atoms with E-state index in [0.29, 0.717) is 5.92 Å². The van der Waals surface area contributed by atoms with Crippen molar-refractivity contribution in [2.24, 2.45) is 17.8 Å². The highest BCUT2D eigenvalue weighted by Gasteiger charge is 2.42. The van der Waals surface area contributed by atoms with Gasteiger partial charge in [0, 0.05) is 0 Å². The molecular weight excluding hydrogens is 112 g/mol. The number of aliphatic hydroxyl groups excluding tert-OH is 1. The maximum Gasteiger partial charge on any atom is 0.0573 e. The molecule has 1 nitrogen and oxygen atoms in total. The Hall–Kier alpha value is -0.0400. The molecule has 0 spiro atoms. The molecule has 0 aromatic carbocycles. The van der Waals surface area contributed by atoms with Crippen molar-refractivity contribution in [1.82, 2.24) is 0 Å². The summed E-state index contributed by atoms with van der Waals surface area (Å²) in [5.41, 5.74) is 0. The van der Waals surface area contributed by atoms with Crippen LogP contribution in [0.15, 0.2) is 0 Å². The summed E-state index contributed by atoms with van der Waals surface area (Å²) < 4.78 is 0. The molecule has 0 aromatic rings. The average Bonchev–Trinajstić information content (AvgIpc) is 2.22. The van der Waals surface area contributed by atoms with Crippen LogP contribution in [0.1, 0.15) is 26.2 Å². The molecule has 2 fully saturated rings. The maximum absolute atomic E-state index is 9.39. The van der Waals surface area contributed by atoms with Gasteiger partial charge >= 0.3 is 0 Å². The highest BCUT2D eigenvalue weighted by Crippen LogP contribution is 2.47. The molecule has 9 heavy (non-hydrogen) atoms. The van der Waals surface area contributed by atoms with Crippen LogP contribution in [0.5, 0.6) is 0 Å². The van der Waals surface area contributed by atoms with Gasteiger partial charge in [-0.15, -0.1) is 0 Å². The second-order valence-corrected chi connectivity index (χ2v) is 3.78. The molecule has 0 heterocycles. The lowest BCUT2D eigenvalue weighted by molar-refractivity contribution is 0.0866. The number of rotatable bonds is 0. The highest BCUT2D eigenvalue weighted by molar-refractivity contribution is 4.93. The molecule has 1 N–H and O–H groups in total. The van der Waals surface area contributed by atoms with Crippen LogP contribution in [0, 0.1) is 17.8 Å². The maximum atomic E-state index is 9.39. The van der Waals surface area contributed by atoms with E-state index in [2.05, 4.69) is 6.92 Å². The lowest BCUT2D eigenvalue weighted by Gasteiger charge is -2.21. The quantitative estimate of drug-likeness (QED) is 0.520. The third-order valence-corrected chi connectivity index (χ3v) is 3.11. The van der Waals surface area contributed by atoms with Crippen LogP contribution in [0.2, 0.25) is 0 Å². The molecule has 2 rings (SSSR count). The van der Waals surface area contributed by atoms with Crippen LogP contribution < -0.4 is 0 Å². The molecular formula is C8H14O. The minimum atomic E-state index is 0.0544. The number of hydrogen-bond donors (Lipinski definition) is 1. The van der Waals surface area contributed by atoms with E-state index < -0.39 is 0 Å². The third kappa shape index (κ3) is 0.710. The Morgan fingerprint density at radius 1 is 1.22 bits per heavy atom. The van der Waals surface area contributed by atoms with Gasteiger partial charge in [-0.05, 0) is 37.0 Å². The molecule has 0 saturated heterocycles. The van der Waals surface area contributed by atoms with E-state index in [4.69, 9.17) is 0 Å². The van der Waals surface area contributed by atoms with Crippen LogP contribution in [0.25, 0.3) is 0 Å². The molecule has 0 aliphatic heterocycles. The summed E-state index contributed by atoms with van der Waals surface area (Å²) in [5.74, 6) is 2.34. The van der Waals surface area contributed by atoms with Gasteiger partial charge in [-0.1, -0.05) is 6.92 Å². The molecule has 2 saturated carbocycles. The van der Waals surface area contributed by atoms with Crippen LogP contribution in [0.3, 0.4) is 0 Å². The third-order valence-electron chi connectivity index (χ3n) is 3.11. The lowest BCUT2D eigenvalue weighted by Crippen LogP contribution is -2.21. The smallest absolute Gasteiger partial charge is 0.0573 e. The first-order valence-electron chi connectivity index (χ1n) is 3.95. The number of hydrogen-bond acceptors (Lipinski definition) is 1. The first kappa shape index (κ1) is 5.72.